The molecule has 0 saturated heterocycles. The van der Waals surface area contributed by atoms with Gasteiger partial charge in [0, 0.05) is 20.6 Å². The summed E-state index contributed by atoms with van der Waals surface area (Å²) in [6, 6.07) is 15.1. The quantitative estimate of drug-likeness (QED) is 0.181. The molecule has 1 aromatic heterocycles. The molecule has 0 spiro atoms. The maximum absolute atomic E-state index is 13.9. The van der Waals surface area contributed by atoms with Gasteiger partial charge in [-0.3, -0.25) is 9.36 Å². The average molecular weight is 723 g/mol. The van der Waals surface area contributed by atoms with Crippen molar-refractivity contribution in [2.24, 2.45) is 4.99 Å². The summed E-state index contributed by atoms with van der Waals surface area (Å²) in [5, 5.41) is 1.57. The van der Waals surface area contributed by atoms with Crippen molar-refractivity contribution >= 4 is 74.1 Å². The highest BCUT2D eigenvalue weighted by Crippen LogP contribution is 2.38. The number of aromatic nitrogens is 1. The number of esters is 1. The first-order valence-corrected chi connectivity index (χ1v) is 15.7. The number of hydrogen-bond acceptors (Lipinski definition) is 7. The molecule has 4 aromatic rings. The second-order valence-electron chi connectivity index (χ2n) is 9.41. The summed E-state index contributed by atoms with van der Waals surface area (Å²) in [6.07, 6.45) is 1.75. The van der Waals surface area contributed by atoms with Crippen LogP contribution < -0.4 is 24.4 Å². The third-order valence-electron chi connectivity index (χ3n) is 6.64. The Morgan fingerprint density at radius 1 is 1.09 bits per heavy atom. The van der Waals surface area contributed by atoms with Gasteiger partial charge in [0.15, 0.2) is 16.3 Å². The number of benzene rings is 3. The molecule has 0 bridgehead atoms. The summed E-state index contributed by atoms with van der Waals surface area (Å²) < 4.78 is 19.6. The number of ether oxygens (including phenoxy) is 3. The molecule has 5 rings (SSSR count). The minimum Gasteiger partial charge on any atom is -0.493 e. The van der Waals surface area contributed by atoms with Crippen molar-refractivity contribution in [3.63, 3.8) is 0 Å². The normalized spacial score (nSPS) is 14.8. The van der Waals surface area contributed by atoms with E-state index in [9.17, 15) is 9.59 Å². The monoisotopic (exact) mass is 720 g/mol. The van der Waals surface area contributed by atoms with E-state index in [0.29, 0.717) is 62.8 Å². The fourth-order valence-electron chi connectivity index (χ4n) is 4.66. The molecule has 1 unspecified atom stereocenters. The number of carbonyl (C=O) groups is 1. The molecule has 0 amide bonds. The van der Waals surface area contributed by atoms with Crippen molar-refractivity contribution in [3.05, 3.63) is 122 Å². The number of nitrogens with zero attached hydrogens (tertiary/aromatic N) is 2. The van der Waals surface area contributed by atoms with Gasteiger partial charge in [-0.25, -0.2) is 9.79 Å². The van der Waals surface area contributed by atoms with E-state index in [0.717, 1.165) is 5.56 Å². The van der Waals surface area contributed by atoms with E-state index < -0.39 is 12.0 Å². The highest BCUT2D eigenvalue weighted by Gasteiger charge is 2.33. The summed E-state index contributed by atoms with van der Waals surface area (Å²) in [6.45, 7) is 3.85. The van der Waals surface area contributed by atoms with Crippen LogP contribution in [0.5, 0.6) is 11.5 Å². The fraction of sp³-hybridized carbons (Fsp3) is 0.194. The van der Waals surface area contributed by atoms with E-state index in [1.807, 2.05) is 6.07 Å². The number of allylic oxidation sites excluding steroid dienone is 1. The van der Waals surface area contributed by atoms with Crippen LogP contribution in [0.4, 0.5) is 0 Å². The zero-order valence-corrected chi connectivity index (χ0v) is 27.8. The molecule has 1 aliphatic rings. The van der Waals surface area contributed by atoms with Crippen molar-refractivity contribution in [2.75, 3.05) is 13.7 Å². The molecule has 3 aromatic carbocycles. The van der Waals surface area contributed by atoms with E-state index in [2.05, 4.69) is 20.9 Å². The lowest BCUT2D eigenvalue weighted by molar-refractivity contribution is -0.139. The molecule has 1 atom stereocenters. The van der Waals surface area contributed by atoms with Crippen molar-refractivity contribution in [1.29, 1.82) is 0 Å². The van der Waals surface area contributed by atoms with Gasteiger partial charge < -0.3 is 14.2 Å². The first kappa shape index (κ1) is 31.3. The molecule has 222 valence electrons. The Kier molecular flexibility index (Phi) is 9.68. The molecule has 43 heavy (non-hydrogen) atoms. The first-order chi connectivity index (χ1) is 20.6. The molecule has 2 heterocycles. The minimum atomic E-state index is -0.730. The van der Waals surface area contributed by atoms with Crippen molar-refractivity contribution in [3.8, 4) is 11.5 Å². The number of fused-ring (bicyclic) bond motifs is 1. The standard InChI is InChI=1S/C31H24BrCl3N2O5S/c1-4-41-30(39)26-16(2)36-31-37(27(26)18-5-8-20(33)9-6-18)29(38)25(43-31)13-17-11-22(32)28(24(12-17)40-3)42-15-19-7-10-21(34)14-23(19)35/h5-14,27H,4,15H2,1-3H3/b25-13-. The zero-order chi connectivity index (χ0) is 30.8. The van der Waals surface area contributed by atoms with Gasteiger partial charge in [-0.05, 0) is 83.4 Å². The minimum absolute atomic E-state index is 0.190. The van der Waals surface area contributed by atoms with Crippen LogP contribution in [0.3, 0.4) is 0 Å². The number of halogens is 4. The lowest BCUT2D eigenvalue weighted by Crippen LogP contribution is -2.39. The summed E-state index contributed by atoms with van der Waals surface area (Å²) >= 11 is 23.3. The maximum atomic E-state index is 13.9. The predicted molar refractivity (Wildman–Crippen MR) is 173 cm³/mol. The third kappa shape index (κ3) is 6.56. The van der Waals surface area contributed by atoms with E-state index in [1.165, 1.54) is 23.0 Å². The van der Waals surface area contributed by atoms with E-state index in [4.69, 9.17) is 49.0 Å². The molecule has 0 fully saturated rings. The number of hydrogen-bond donors (Lipinski definition) is 0. The number of thiazole rings is 1. The van der Waals surface area contributed by atoms with Crippen LogP contribution in [0.25, 0.3) is 6.08 Å². The number of carbonyl (C=O) groups excluding carboxylic acids is 1. The first-order valence-electron chi connectivity index (χ1n) is 13.0. The number of rotatable bonds is 8. The lowest BCUT2D eigenvalue weighted by Gasteiger charge is -2.24. The fourth-order valence-corrected chi connectivity index (χ4v) is 6.87. The molecule has 0 radical (unpaired) electrons. The van der Waals surface area contributed by atoms with Crippen LogP contribution in [0.1, 0.15) is 36.6 Å². The zero-order valence-electron chi connectivity index (χ0n) is 23.1. The van der Waals surface area contributed by atoms with E-state index in [1.54, 1.807) is 68.5 Å². The molecular formula is C31H24BrCl3N2O5S. The van der Waals surface area contributed by atoms with Crippen molar-refractivity contribution in [2.45, 2.75) is 26.5 Å². The van der Waals surface area contributed by atoms with Crippen LogP contribution in [0.2, 0.25) is 15.1 Å². The van der Waals surface area contributed by atoms with Crippen LogP contribution in [0, 0.1) is 0 Å². The van der Waals surface area contributed by atoms with E-state index in [-0.39, 0.29) is 18.8 Å². The smallest absolute Gasteiger partial charge is 0.338 e. The molecule has 12 heteroatoms. The predicted octanol–water partition coefficient (Wildman–Crippen LogP) is 7.11. The SMILES string of the molecule is CCOC(=O)C1=C(C)N=c2s/c(=C\c3cc(Br)c(OCc4ccc(Cl)cc4Cl)c(OC)c3)c(=O)n2C1c1ccc(Cl)cc1. The summed E-state index contributed by atoms with van der Waals surface area (Å²) in [5.41, 5.74) is 2.65. The van der Waals surface area contributed by atoms with Crippen molar-refractivity contribution in [1.82, 2.24) is 4.57 Å². The highest BCUT2D eigenvalue weighted by atomic mass is 79.9. The van der Waals surface area contributed by atoms with Gasteiger partial charge >= 0.3 is 5.97 Å². The Morgan fingerprint density at radius 3 is 2.49 bits per heavy atom. The van der Waals surface area contributed by atoms with E-state index >= 15 is 0 Å². The van der Waals surface area contributed by atoms with Gasteiger partial charge in [0.1, 0.15) is 6.61 Å². The number of methoxy groups -OCH3 is 1. The topological polar surface area (TPSA) is 79.1 Å². The Morgan fingerprint density at radius 2 is 1.81 bits per heavy atom. The van der Waals surface area contributed by atoms with Gasteiger partial charge in [-0.15, -0.1) is 0 Å². The van der Waals surface area contributed by atoms with Gasteiger partial charge in [-0.2, -0.15) is 0 Å². The van der Waals surface area contributed by atoms with Crippen LogP contribution in [-0.4, -0.2) is 24.3 Å². The van der Waals surface area contributed by atoms with Gasteiger partial charge in [0.05, 0.1) is 40.0 Å². The molecule has 7 nitrogen and oxygen atoms in total. The molecule has 1 aliphatic heterocycles. The Bertz CT molecular complexity index is 1940. The highest BCUT2D eigenvalue weighted by molar-refractivity contribution is 9.10. The Balaban J connectivity index is 1.56. The summed E-state index contributed by atoms with van der Waals surface area (Å²) in [7, 11) is 1.54. The van der Waals surface area contributed by atoms with Gasteiger partial charge in [0.2, 0.25) is 0 Å². The molecule has 0 N–H and O–H groups in total. The van der Waals surface area contributed by atoms with Crippen molar-refractivity contribution < 1.29 is 19.0 Å². The van der Waals surface area contributed by atoms with Gasteiger partial charge in [-0.1, -0.05) is 64.3 Å². The molecule has 0 aliphatic carbocycles. The van der Waals surface area contributed by atoms with Gasteiger partial charge in [0.25, 0.3) is 5.56 Å². The van der Waals surface area contributed by atoms with Crippen LogP contribution in [-0.2, 0) is 16.1 Å². The largest absolute Gasteiger partial charge is 0.493 e. The lowest BCUT2D eigenvalue weighted by atomic mass is 9.96. The summed E-state index contributed by atoms with van der Waals surface area (Å²) in [5.74, 6) is 0.407. The summed E-state index contributed by atoms with van der Waals surface area (Å²) in [4.78, 5) is 32.1. The maximum Gasteiger partial charge on any atom is 0.338 e. The third-order valence-corrected chi connectivity index (χ3v) is 9.05. The Labute approximate surface area is 274 Å². The Hall–Kier alpha value is -3.08. The van der Waals surface area contributed by atoms with Crippen LogP contribution in [0.15, 0.2) is 80.1 Å². The molecule has 0 saturated carbocycles. The van der Waals surface area contributed by atoms with Crippen LogP contribution >= 0.6 is 62.1 Å². The second kappa shape index (κ2) is 13.3. The second-order valence-corrected chi connectivity index (χ2v) is 12.6. The average Bonchev–Trinajstić information content (AvgIpc) is 3.26. The molecular weight excluding hydrogens is 699 g/mol.